The Labute approximate surface area is 160 Å². The monoisotopic (exact) mass is 381 g/mol. The van der Waals surface area contributed by atoms with Crippen LogP contribution in [0.5, 0.6) is 5.75 Å². The van der Waals surface area contributed by atoms with Crippen molar-refractivity contribution in [2.24, 2.45) is 5.10 Å². The number of benzene rings is 3. The molecule has 3 aromatic carbocycles. The van der Waals surface area contributed by atoms with E-state index in [4.69, 9.17) is 11.6 Å². The van der Waals surface area contributed by atoms with Crippen LogP contribution in [0.2, 0.25) is 5.02 Å². The fourth-order valence-corrected chi connectivity index (χ4v) is 2.62. The molecule has 0 radical (unpaired) electrons. The van der Waals surface area contributed by atoms with Crippen LogP contribution in [0, 0.1) is 0 Å². The maximum atomic E-state index is 11.9. The predicted octanol–water partition coefficient (Wildman–Crippen LogP) is 3.08. The Bertz CT molecular complexity index is 1020. The van der Waals surface area contributed by atoms with Gasteiger partial charge >= 0.3 is 0 Å². The second-order valence-electron chi connectivity index (χ2n) is 5.70. The molecular weight excluding hydrogens is 366 g/mol. The van der Waals surface area contributed by atoms with Gasteiger partial charge in [0.15, 0.2) is 0 Å². The zero-order valence-electron chi connectivity index (χ0n) is 14.1. The SMILES string of the molecule is O=C(CNC(=O)c1ccc(Cl)cc1)N/N=C\c1c(O)ccc2ccccc12. The molecule has 27 heavy (non-hydrogen) atoms. The minimum absolute atomic E-state index is 0.0581. The number of hydrogen-bond acceptors (Lipinski definition) is 4. The lowest BCUT2D eigenvalue weighted by Crippen LogP contribution is -2.34. The van der Waals surface area contributed by atoms with Gasteiger partial charge in [0, 0.05) is 16.1 Å². The van der Waals surface area contributed by atoms with Crippen molar-refractivity contribution in [2.45, 2.75) is 0 Å². The van der Waals surface area contributed by atoms with Gasteiger partial charge < -0.3 is 10.4 Å². The Balaban J connectivity index is 1.59. The number of nitrogens with zero attached hydrogens (tertiary/aromatic N) is 1. The normalized spacial score (nSPS) is 10.9. The van der Waals surface area contributed by atoms with Crippen molar-refractivity contribution in [3.05, 3.63) is 76.8 Å². The Kier molecular flexibility index (Phi) is 5.68. The molecule has 3 aromatic rings. The quantitative estimate of drug-likeness (QED) is 0.468. The molecule has 2 amide bonds. The van der Waals surface area contributed by atoms with Crippen LogP contribution in [-0.4, -0.2) is 29.7 Å². The number of hydrogen-bond donors (Lipinski definition) is 3. The Morgan fingerprint density at radius 2 is 1.78 bits per heavy atom. The van der Waals surface area contributed by atoms with Crippen LogP contribution in [0.15, 0.2) is 65.8 Å². The van der Waals surface area contributed by atoms with E-state index in [0.29, 0.717) is 16.1 Å². The highest BCUT2D eigenvalue weighted by Crippen LogP contribution is 2.25. The van der Waals surface area contributed by atoms with Gasteiger partial charge in [-0.25, -0.2) is 5.43 Å². The van der Waals surface area contributed by atoms with Gasteiger partial charge in [0.25, 0.3) is 11.8 Å². The predicted molar refractivity (Wildman–Crippen MR) is 105 cm³/mol. The average molecular weight is 382 g/mol. The van der Waals surface area contributed by atoms with Gasteiger partial charge in [0.2, 0.25) is 0 Å². The number of amides is 2. The van der Waals surface area contributed by atoms with Crippen molar-refractivity contribution in [3.63, 3.8) is 0 Å². The van der Waals surface area contributed by atoms with E-state index < -0.39 is 11.8 Å². The lowest BCUT2D eigenvalue weighted by atomic mass is 10.0. The number of nitrogens with one attached hydrogen (secondary N) is 2. The van der Waals surface area contributed by atoms with Gasteiger partial charge in [-0.05, 0) is 41.1 Å². The number of rotatable bonds is 5. The second-order valence-corrected chi connectivity index (χ2v) is 6.14. The highest BCUT2D eigenvalue weighted by molar-refractivity contribution is 6.30. The summed E-state index contributed by atoms with van der Waals surface area (Å²) in [5.41, 5.74) is 3.22. The summed E-state index contributed by atoms with van der Waals surface area (Å²) in [6, 6.07) is 17.2. The molecule has 0 aliphatic rings. The van der Waals surface area contributed by atoms with Gasteiger partial charge in [0.1, 0.15) is 5.75 Å². The number of carbonyl (C=O) groups excluding carboxylic acids is 2. The van der Waals surface area contributed by atoms with E-state index >= 15 is 0 Å². The molecule has 136 valence electrons. The summed E-state index contributed by atoms with van der Waals surface area (Å²) in [6.07, 6.45) is 1.37. The van der Waals surface area contributed by atoms with Crippen LogP contribution in [0.25, 0.3) is 10.8 Å². The van der Waals surface area contributed by atoms with Crippen molar-refractivity contribution in [1.29, 1.82) is 0 Å². The molecule has 0 aliphatic carbocycles. The Hall–Kier alpha value is -3.38. The van der Waals surface area contributed by atoms with Crippen LogP contribution in [0.1, 0.15) is 15.9 Å². The minimum Gasteiger partial charge on any atom is -0.507 e. The van der Waals surface area contributed by atoms with E-state index in [2.05, 4.69) is 15.8 Å². The highest BCUT2D eigenvalue weighted by atomic mass is 35.5. The van der Waals surface area contributed by atoms with E-state index in [1.54, 1.807) is 36.4 Å². The standard InChI is InChI=1S/C20H16ClN3O3/c21-15-8-5-14(6-9-15)20(27)22-12-19(26)24-23-11-17-16-4-2-1-3-13(16)7-10-18(17)25/h1-11,25H,12H2,(H,22,27)(H,24,26)/b23-11-. The number of hydrazone groups is 1. The number of fused-ring (bicyclic) bond motifs is 1. The largest absolute Gasteiger partial charge is 0.507 e. The number of aromatic hydroxyl groups is 1. The fraction of sp³-hybridized carbons (Fsp3) is 0.0500. The van der Waals surface area contributed by atoms with Gasteiger partial charge in [-0.2, -0.15) is 5.10 Å². The lowest BCUT2D eigenvalue weighted by Gasteiger charge is -2.06. The molecule has 0 atom stereocenters. The van der Waals surface area contributed by atoms with Crippen LogP contribution >= 0.6 is 11.6 Å². The third kappa shape index (κ3) is 4.62. The molecule has 0 saturated carbocycles. The molecule has 3 N–H and O–H groups in total. The summed E-state index contributed by atoms with van der Waals surface area (Å²) < 4.78 is 0. The maximum Gasteiger partial charge on any atom is 0.259 e. The molecule has 0 heterocycles. The number of carbonyl (C=O) groups is 2. The summed E-state index contributed by atoms with van der Waals surface area (Å²) in [5, 5.41) is 18.7. The molecule has 0 aromatic heterocycles. The van der Waals surface area contributed by atoms with E-state index in [-0.39, 0.29) is 12.3 Å². The van der Waals surface area contributed by atoms with Crippen LogP contribution < -0.4 is 10.7 Å². The van der Waals surface area contributed by atoms with Gasteiger partial charge in [-0.3, -0.25) is 9.59 Å². The molecule has 0 bridgehead atoms. The van der Waals surface area contributed by atoms with Gasteiger partial charge in [-0.1, -0.05) is 41.9 Å². The second kappa shape index (κ2) is 8.33. The molecule has 0 saturated heterocycles. The third-order valence-corrected chi connectivity index (χ3v) is 4.10. The molecule has 7 heteroatoms. The van der Waals surface area contributed by atoms with Gasteiger partial charge in [0.05, 0.1) is 12.8 Å². The zero-order chi connectivity index (χ0) is 19.2. The smallest absolute Gasteiger partial charge is 0.259 e. The van der Waals surface area contributed by atoms with Crippen LogP contribution in [-0.2, 0) is 4.79 Å². The summed E-state index contributed by atoms with van der Waals surface area (Å²) >= 11 is 5.77. The molecule has 0 aliphatic heterocycles. The number of phenols is 1. The molecule has 0 spiro atoms. The first-order chi connectivity index (χ1) is 13.0. The summed E-state index contributed by atoms with van der Waals surface area (Å²) in [5.74, 6) is -0.825. The maximum absolute atomic E-state index is 11.9. The first-order valence-electron chi connectivity index (χ1n) is 8.11. The topological polar surface area (TPSA) is 90.8 Å². The number of halogens is 1. The summed E-state index contributed by atoms with van der Waals surface area (Å²) in [4.78, 5) is 23.8. The van der Waals surface area contributed by atoms with Gasteiger partial charge in [-0.15, -0.1) is 0 Å². The zero-order valence-corrected chi connectivity index (χ0v) is 14.9. The van der Waals surface area contributed by atoms with Crippen molar-refractivity contribution in [3.8, 4) is 5.75 Å². The Morgan fingerprint density at radius 3 is 2.56 bits per heavy atom. The number of phenolic OH excluding ortho intramolecular Hbond substituents is 1. The van der Waals surface area contributed by atoms with Crippen molar-refractivity contribution in [2.75, 3.05) is 6.54 Å². The summed E-state index contributed by atoms with van der Waals surface area (Å²) in [6.45, 7) is -0.236. The summed E-state index contributed by atoms with van der Waals surface area (Å²) in [7, 11) is 0. The van der Waals surface area contributed by atoms with Crippen molar-refractivity contribution in [1.82, 2.24) is 10.7 Å². The first-order valence-corrected chi connectivity index (χ1v) is 8.49. The molecule has 0 fully saturated rings. The van der Waals surface area contributed by atoms with Crippen molar-refractivity contribution >= 4 is 40.4 Å². The van der Waals surface area contributed by atoms with E-state index in [0.717, 1.165) is 10.8 Å². The molecule has 0 unspecified atom stereocenters. The molecule has 3 rings (SSSR count). The molecule has 6 nitrogen and oxygen atoms in total. The highest BCUT2D eigenvalue weighted by Gasteiger charge is 2.08. The third-order valence-electron chi connectivity index (χ3n) is 3.85. The minimum atomic E-state index is -0.492. The van der Waals surface area contributed by atoms with Crippen molar-refractivity contribution < 1.29 is 14.7 Å². The average Bonchev–Trinajstić information content (AvgIpc) is 2.68. The first kappa shape index (κ1) is 18.4. The molecular formula is C20H16ClN3O3. The lowest BCUT2D eigenvalue weighted by molar-refractivity contribution is -0.120. The van der Waals surface area contributed by atoms with E-state index in [9.17, 15) is 14.7 Å². The van der Waals surface area contributed by atoms with E-state index in [1.807, 2.05) is 24.3 Å². The Morgan fingerprint density at radius 1 is 1.04 bits per heavy atom. The fourth-order valence-electron chi connectivity index (χ4n) is 2.49. The van der Waals surface area contributed by atoms with Crippen LogP contribution in [0.3, 0.4) is 0 Å². The van der Waals surface area contributed by atoms with Crippen LogP contribution in [0.4, 0.5) is 0 Å². The van der Waals surface area contributed by atoms with E-state index in [1.165, 1.54) is 6.21 Å².